The van der Waals surface area contributed by atoms with Gasteiger partial charge in [-0.25, -0.2) is 4.79 Å². The number of hydrogen-bond donors (Lipinski definition) is 1. The molecule has 0 aliphatic rings. The van der Waals surface area contributed by atoms with Crippen molar-refractivity contribution >= 4 is 28.5 Å². The van der Waals surface area contributed by atoms with Crippen LogP contribution in [-0.4, -0.2) is 28.6 Å². The van der Waals surface area contributed by atoms with Crippen molar-refractivity contribution in [2.45, 2.75) is 26.8 Å². The lowest BCUT2D eigenvalue weighted by molar-refractivity contribution is -0.117. The minimum Gasteiger partial charge on any atom is -0.477 e. The minimum atomic E-state index is -1.01. The number of carbonyl (C=O) groups excluding carboxylic acids is 1. The van der Waals surface area contributed by atoms with Gasteiger partial charge in [0, 0.05) is 35.7 Å². The Morgan fingerprint density at radius 3 is 2.50 bits per heavy atom. The number of amides is 1. The third-order valence-electron chi connectivity index (χ3n) is 4.69. The first-order chi connectivity index (χ1) is 12.4. The summed E-state index contributed by atoms with van der Waals surface area (Å²) in [5, 5.41) is 10.6. The second-order valence-electron chi connectivity index (χ2n) is 6.36. The number of benzene rings is 2. The molecule has 1 amide bonds. The lowest BCUT2D eigenvalue weighted by Crippen LogP contribution is -2.28. The molecular formula is C21H22N2O3. The zero-order valence-electron chi connectivity index (χ0n) is 15.2. The van der Waals surface area contributed by atoms with Gasteiger partial charge in [-0.2, -0.15) is 0 Å². The van der Waals surface area contributed by atoms with Gasteiger partial charge in [0.2, 0.25) is 5.91 Å². The maximum atomic E-state index is 12.9. The molecule has 0 unspecified atom stereocenters. The number of carboxylic acids is 1. The van der Waals surface area contributed by atoms with E-state index in [1.54, 1.807) is 16.5 Å². The predicted octanol–water partition coefficient (Wildman–Crippen LogP) is 3.87. The fourth-order valence-corrected chi connectivity index (χ4v) is 3.38. The summed E-state index contributed by atoms with van der Waals surface area (Å²) in [6.45, 7) is 4.41. The molecule has 2 aromatic carbocycles. The van der Waals surface area contributed by atoms with E-state index < -0.39 is 5.97 Å². The van der Waals surface area contributed by atoms with Gasteiger partial charge in [0.25, 0.3) is 0 Å². The molecule has 0 aliphatic heterocycles. The molecule has 26 heavy (non-hydrogen) atoms. The molecule has 5 heteroatoms. The van der Waals surface area contributed by atoms with Crippen LogP contribution in [0.25, 0.3) is 10.9 Å². The van der Waals surface area contributed by atoms with Crippen LogP contribution in [0.3, 0.4) is 0 Å². The number of aryl methyl sites for hydroxylation is 2. The summed E-state index contributed by atoms with van der Waals surface area (Å²) in [5.41, 5.74) is 3.47. The number of carboxylic acid groups (broad SMARTS) is 1. The molecule has 0 spiro atoms. The summed E-state index contributed by atoms with van der Waals surface area (Å²) in [6.07, 6.45) is 0.0413. The number of nitrogens with zero attached hydrogens (tertiary/aromatic N) is 2. The Hall–Kier alpha value is -3.08. The van der Waals surface area contributed by atoms with Crippen LogP contribution < -0.4 is 4.90 Å². The monoisotopic (exact) mass is 350 g/mol. The van der Waals surface area contributed by atoms with E-state index in [0.717, 1.165) is 22.2 Å². The lowest BCUT2D eigenvalue weighted by Gasteiger charge is -2.18. The largest absolute Gasteiger partial charge is 0.477 e. The van der Waals surface area contributed by atoms with E-state index in [9.17, 15) is 14.7 Å². The van der Waals surface area contributed by atoms with Crippen LogP contribution in [0, 0.1) is 6.92 Å². The van der Waals surface area contributed by atoms with Crippen molar-refractivity contribution in [3.05, 3.63) is 65.4 Å². The number of aromatic nitrogens is 1. The predicted molar refractivity (Wildman–Crippen MR) is 103 cm³/mol. The molecule has 134 valence electrons. The average Bonchev–Trinajstić information content (AvgIpc) is 2.95. The van der Waals surface area contributed by atoms with Gasteiger partial charge in [0.15, 0.2) is 0 Å². The molecule has 0 fully saturated rings. The van der Waals surface area contributed by atoms with Crippen molar-refractivity contribution in [3.63, 3.8) is 0 Å². The molecule has 1 N–H and O–H groups in total. The quantitative estimate of drug-likeness (QED) is 0.760. The first-order valence-electron chi connectivity index (χ1n) is 8.60. The van der Waals surface area contributed by atoms with Gasteiger partial charge in [-0.3, -0.25) is 4.79 Å². The third kappa shape index (κ3) is 3.08. The molecule has 3 rings (SSSR count). The summed E-state index contributed by atoms with van der Waals surface area (Å²) in [5.74, 6) is -1.15. The summed E-state index contributed by atoms with van der Waals surface area (Å²) >= 11 is 0. The number of para-hydroxylation sites is 1. The maximum absolute atomic E-state index is 12.9. The van der Waals surface area contributed by atoms with Gasteiger partial charge in [0.05, 0.1) is 6.42 Å². The van der Waals surface area contributed by atoms with Crippen molar-refractivity contribution < 1.29 is 14.7 Å². The molecule has 5 nitrogen and oxygen atoms in total. The molecule has 0 saturated heterocycles. The Kier molecular flexibility index (Phi) is 4.80. The first-order valence-corrected chi connectivity index (χ1v) is 8.60. The molecule has 0 saturated carbocycles. The van der Waals surface area contributed by atoms with Gasteiger partial charge in [-0.15, -0.1) is 0 Å². The molecule has 3 aromatic rings. The van der Waals surface area contributed by atoms with Crippen molar-refractivity contribution in [2.24, 2.45) is 0 Å². The number of carbonyl (C=O) groups is 2. The summed E-state index contributed by atoms with van der Waals surface area (Å²) in [7, 11) is 1.72. The number of hydrogen-bond acceptors (Lipinski definition) is 2. The van der Waals surface area contributed by atoms with Gasteiger partial charge < -0.3 is 14.6 Å². The summed E-state index contributed by atoms with van der Waals surface area (Å²) in [4.78, 5) is 26.3. The Labute approximate surface area is 152 Å². The van der Waals surface area contributed by atoms with E-state index in [1.165, 1.54) is 0 Å². The molecule has 0 bridgehead atoms. The maximum Gasteiger partial charge on any atom is 0.352 e. The fourth-order valence-electron chi connectivity index (χ4n) is 3.38. The van der Waals surface area contributed by atoms with Crippen LogP contribution >= 0.6 is 0 Å². The smallest absolute Gasteiger partial charge is 0.352 e. The second kappa shape index (κ2) is 7.04. The Morgan fingerprint density at radius 1 is 1.12 bits per heavy atom. The van der Waals surface area contributed by atoms with Crippen LogP contribution in [0.5, 0.6) is 0 Å². The fraction of sp³-hybridized carbons (Fsp3) is 0.238. The van der Waals surface area contributed by atoms with E-state index in [-0.39, 0.29) is 18.0 Å². The van der Waals surface area contributed by atoms with E-state index >= 15 is 0 Å². The van der Waals surface area contributed by atoms with Crippen LogP contribution in [0.4, 0.5) is 5.69 Å². The van der Waals surface area contributed by atoms with Crippen molar-refractivity contribution in [2.75, 3.05) is 11.9 Å². The number of fused-ring (bicyclic) bond motifs is 1. The standard InChI is InChI=1S/C21H22N2O3/c1-4-23-18-11-6-5-10-16(18)17(20(23)21(25)26)13-19(24)22(3)15-9-7-8-14(2)12-15/h5-12H,4,13H2,1-3H3,(H,25,26). The molecule has 1 aromatic heterocycles. The molecule has 0 aliphatic carbocycles. The van der Waals surface area contributed by atoms with Gasteiger partial charge in [-0.1, -0.05) is 30.3 Å². The van der Waals surface area contributed by atoms with Gasteiger partial charge in [-0.05, 0) is 37.6 Å². The molecule has 0 radical (unpaired) electrons. The topological polar surface area (TPSA) is 62.5 Å². The van der Waals surface area contributed by atoms with E-state index in [4.69, 9.17) is 0 Å². The van der Waals surface area contributed by atoms with Crippen LogP contribution in [0.1, 0.15) is 28.5 Å². The number of aromatic carboxylic acids is 1. The minimum absolute atomic E-state index is 0.0413. The summed E-state index contributed by atoms with van der Waals surface area (Å²) < 4.78 is 1.76. The van der Waals surface area contributed by atoms with Crippen molar-refractivity contribution in [1.82, 2.24) is 4.57 Å². The zero-order valence-corrected chi connectivity index (χ0v) is 15.2. The molecule has 0 atom stereocenters. The van der Waals surface area contributed by atoms with E-state index in [0.29, 0.717) is 12.1 Å². The Balaban J connectivity index is 2.04. The molecular weight excluding hydrogens is 328 g/mol. The first kappa shape index (κ1) is 17.7. The SMILES string of the molecule is CCn1c(C(=O)O)c(CC(=O)N(C)c2cccc(C)c2)c2ccccc21. The normalized spacial score (nSPS) is 10.9. The van der Waals surface area contributed by atoms with Crippen LogP contribution in [0.2, 0.25) is 0 Å². The highest BCUT2D eigenvalue weighted by molar-refractivity contribution is 6.03. The average molecular weight is 350 g/mol. The van der Waals surface area contributed by atoms with Gasteiger partial charge >= 0.3 is 5.97 Å². The highest BCUT2D eigenvalue weighted by Gasteiger charge is 2.24. The second-order valence-corrected chi connectivity index (χ2v) is 6.36. The van der Waals surface area contributed by atoms with E-state index in [2.05, 4.69) is 0 Å². The Bertz CT molecular complexity index is 988. The summed E-state index contributed by atoms with van der Waals surface area (Å²) in [6, 6.07) is 15.2. The van der Waals surface area contributed by atoms with Crippen molar-refractivity contribution in [1.29, 1.82) is 0 Å². The molecule has 1 heterocycles. The highest BCUT2D eigenvalue weighted by atomic mass is 16.4. The van der Waals surface area contributed by atoms with E-state index in [1.807, 2.05) is 62.4 Å². The highest BCUT2D eigenvalue weighted by Crippen LogP contribution is 2.28. The number of likely N-dealkylation sites (N-methyl/N-ethyl adjacent to an activating group) is 1. The van der Waals surface area contributed by atoms with Crippen LogP contribution in [0.15, 0.2) is 48.5 Å². The van der Waals surface area contributed by atoms with Crippen molar-refractivity contribution in [3.8, 4) is 0 Å². The number of rotatable bonds is 5. The van der Waals surface area contributed by atoms with Crippen LogP contribution in [-0.2, 0) is 17.8 Å². The Morgan fingerprint density at radius 2 is 1.85 bits per heavy atom. The number of anilines is 1. The van der Waals surface area contributed by atoms with Gasteiger partial charge in [0.1, 0.15) is 5.69 Å². The zero-order chi connectivity index (χ0) is 18.8. The third-order valence-corrected chi connectivity index (χ3v) is 4.69. The lowest BCUT2D eigenvalue weighted by atomic mass is 10.1.